The van der Waals surface area contributed by atoms with Gasteiger partial charge in [-0.25, -0.2) is 0 Å². The Morgan fingerprint density at radius 1 is 1.33 bits per heavy atom. The molecule has 8 heteroatoms. The van der Waals surface area contributed by atoms with Gasteiger partial charge in [0.15, 0.2) is 0 Å². The third-order valence-electron chi connectivity index (χ3n) is 2.37. The van der Waals surface area contributed by atoms with Crippen LogP contribution in [0.25, 0.3) is 0 Å². The van der Waals surface area contributed by atoms with Crippen molar-refractivity contribution in [2.75, 3.05) is 18.5 Å². The fourth-order valence-electron chi connectivity index (χ4n) is 1.24. The molecule has 0 aliphatic heterocycles. The third kappa shape index (κ3) is 3.23. The van der Waals surface area contributed by atoms with Gasteiger partial charge in [-0.2, -0.15) is 0 Å². The van der Waals surface area contributed by atoms with Gasteiger partial charge in [-0.15, -0.1) is 0 Å². The molecule has 0 saturated carbocycles. The van der Waals surface area contributed by atoms with Crippen LogP contribution in [0.15, 0.2) is 12.1 Å². The fraction of sp³-hybridized carbons (Fsp3) is 0.400. The summed E-state index contributed by atoms with van der Waals surface area (Å²) < 4.78 is 0. The molecule has 0 fully saturated rings. The number of nitro groups is 1. The van der Waals surface area contributed by atoms with Crippen molar-refractivity contribution in [3.63, 3.8) is 0 Å². The summed E-state index contributed by atoms with van der Waals surface area (Å²) in [5.41, 5.74) is -1.29. The average Bonchev–Trinajstić information content (AvgIpc) is 2.33. The maximum Gasteiger partial charge on any atom is 0.293 e. The normalized spacial score (nSPS) is 11.4. The van der Waals surface area contributed by atoms with Gasteiger partial charge >= 0.3 is 0 Å². The summed E-state index contributed by atoms with van der Waals surface area (Å²) in [6.07, 6.45) is 0. The van der Waals surface area contributed by atoms with Gasteiger partial charge in [0.2, 0.25) is 0 Å². The first-order chi connectivity index (χ1) is 8.33. The molecule has 1 aromatic rings. The molecule has 100 valence electrons. The molecule has 1 aromatic carbocycles. The van der Waals surface area contributed by atoms with Crippen LogP contribution in [0.5, 0.6) is 0 Å². The van der Waals surface area contributed by atoms with Crippen molar-refractivity contribution in [1.82, 2.24) is 0 Å². The van der Waals surface area contributed by atoms with Gasteiger partial charge in [0, 0.05) is 6.07 Å². The topological polar surface area (TPSA) is 95.6 Å². The van der Waals surface area contributed by atoms with Gasteiger partial charge in [0.05, 0.1) is 33.7 Å². The van der Waals surface area contributed by atoms with E-state index in [-0.39, 0.29) is 21.4 Å². The second-order valence-corrected chi connectivity index (χ2v) is 4.86. The zero-order valence-corrected chi connectivity index (χ0v) is 11.0. The molecule has 0 amide bonds. The molecule has 0 spiro atoms. The predicted octanol–water partition coefficient (Wildman–Crippen LogP) is 2.06. The van der Waals surface area contributed by atoms with Crippen molar-refractivity contribution >= 4 is 34.6 Å². The van der Waals surface area contributed by atoms with Crippen molar-refractivity contribution < 1.29 is 15.1 Å². The fourth-order valence-corrected chi connectivity index (χ4v) is 1.56. The number of hydrogen-bond donors (Lipinski definition) is 3. The molecule has 0 atom stereocenters. The Morgan fingerprint density at radius 2 is 1.83 bits per heavy atom. The van der Waals surface area contributed by atoms with Gasteiger partial charge in [-0.1, -0.05) is 23.2 Å². The van der Waals surface area contributed by atoms with Crippen LogP contribution in [0.3, 0.4) is 0 Å². The largest absolute Gasteiger partial charge is 0.394 e. The predicted molar refractivity (Wildman–Crippen MR) is 69.3 cm³/mol. The van der Waals surface area contributed by atoms with Crippen LogP contribution in [0, 0.1) is 10.1 Å². The van der Waals surface area contributed by atoms with Gasteiger partial charge in [0.25, 0.3) is 5.69 Å². The molecular weight excluding hydrogens is 283 g/mol. The van der Waals surface area contributed by atoms with Crippen LogP contribution in [0.1, 0.15) is 6.92 Å². The first-order valence-electron chi connectivity index (χ1n) is 4.96. The first-order valence-corrected chi connectivity index (χ1v) is 5.72. The van der Waals surface area contributed by atoms with E-state index in [9.17, 15) is 10.1 Å². The minimum atomic E-state index is -1.10. The summed E-state index contributed by atoms with van der Waals surface area (Å²) in [5, 5.41) is 32.1. The lowest BCUT2D eigenvalue weighted by Gasteiger charge is -2.27. The van der Waals surface area contributed by atoms with Crippen molar-refractivity contribution in [2.45, 2.75) is 12.5 Å². The molecule has 6 nitrogen and oxygen atoms in total. The van der Waals surface area contributed by atoms with Crippen molar-refractivity contribution in [1.29, 1.82) is 0 Å². The van der Waals surface area contributed by atoms with Crippen LogP contribution >= 0.6 is 23.2 Å². The molecule has 0 heterocycles. The number of benzene rings is 1. The molecular formula is C10H12Cl2N2O4. The highest BCUT2D eigenvalue weighted by Crippen LogP contribution is 2.35. The lowest BCUT2D eigenvalue weighted by molar-refractivity contribution is -0.384. The Hall–Kier alpha value is -1.08. The molecule has 0 aromatic heterocycles. The third-order valence-corrected chi connectivity index (χ3v) is 3.09. The summed E-state index contributed by atoms with van der Waals surface area (Å²) in [6, 6.07) is 2.40. The summed E-state index contributed by atoms with van der Waals surface area (Å²) in [7, 11) is 0. The standard InChI is InChI=1S/C10H12Cl2N2O4/c1-10(4-15,5-16)13-8-2-6(11)7(12)3-9(8)14(17)18/h2-3,13,15-16H,4-5H2,1H3. The van der Waals surface area contributed by atoms with Crippen LogP contribution in [-0.2, 0) is 0 Å². The second-order valence-electron chi connectivity index (χ2n) is 4.04. The average molecular weight is 295 g/mol. The minimum Gasteiger partial charge on any atom is -0.394 e. The molecule has 0 bridgehead atoms. The Labute approximate surface area is 113 Å². The number of aliphatic hydroxyl groups excluding tert-OH is 2. The highest BCUT2D eigenvalue weighted by atomic mass is 35.5. The Balaban J connectivity index is 3.22. The van der Waals surface area contributed by atoms with E-state index in [1.807, 2.05) is 0 Å². The van der Waals surface area contributed by atoms with Gasteiger partial charge in [0.1, 0.15) is 5.69 Å². The van der Waals surface area contributed by atoms with E-state index in [1.54, 1.807) is 0 Å². The number of aliphatic hydroxyl groups is 2. The van der Waals surface area contributed by atoms with Gasteiger partial charge in [-0.3, -0.25) is 10.1 Å². The smallest absolute Gasteiger partial charge is 0.293 e. The van der Waals surface area contributed by atoms with Gasteiger partial charge in [-0.05, 0) is 13.0 Å². The van der Waals surface area contributed by atoms with Crippen molar-refractivity contribution in [3.05, 3.63) is 32.3 Å². The lowest BCUT2D eigenvalue weighted by atomic mass is 10.0. The van der Waals surface area contributed by atoms with E-state index in [1.165, 1.54) is 13.0 Å². The number of halogens is 2. The zero-order chi connectivity index (χ0) is 13.9. The Bertz CT molecular complexity index is 463. The zero-order valence-electron chi connectivity index (χ0n) is 9.48. The highest BCUT2D eigenvalue weighted by molar-refractivity contribution is 6.42. The van der Waals surface area contributed by atoms with E-state index in [0.29, 0.717) is 0 Å². The van der Waals surface area contributed by atoms with Crippen molar-refractivity contribution in [3.8, 4) is 0 Å². The van der Waals surface area contributed by atoms with Crippen molar-refractivity contribution in [2.24, 2.45) is 0 Å². The molecule has 0 aliphatic carbocycles. The quantitative estimate of drug-likeness (QED) is 0.571. The molecule has 0 saturated heterocycles. The Morgan fingerprint density at radius 3 is 2.28 bits per heavy atom. The molecule has 18 heavy (non-hydrogen) atoms. The van der Waals surface area contributed by atoms with Crippen LogP contribution in [-0.4, -0.2) is 33.9 Å². The lowest BCUT2D eigenvalue weighted by Crippen LogP contribution is -2.42. The van der Waals surface area contributed by atoms with E-state index >= 15 is 0 Å². The van der Waals surface area contributed by atoms with E-state index in [0.717, 1.165) is 6.07 Å². The van der Waals surface area contributed by atoms with E-state index in [4.69, 9.17) is 33.4 Å². The molecule has 3 N–H and O–H groups in total. The maximum absolute atomic E-state index is 10.9. The van der Waals surface area contributed by atoms with E-state index in [2.05, 4.69) is 5.32 Å². The molecule has 1 rings (SSSR count). The summed E-state index contributed by atoms with van der Waals surface area (Å²) in [6.45, 7) is 0.709. The SMILES string of the molecule is CC(CO)(CO)Nc1cc(Cl)c(Cl)cc1[N+](=O)[O-]. The number of anilines is 1. The molecule has 0 unspecified atom stereocenters. The number of nitrogens with one attached hydrogen (secondary N) is 1. The number of hydrogen-bond acceptors (Lipinski definition) is 5. The van der Waals surface area contributed by atoms with E-state index < -0.39 is 23.7 Å². The maximum atomic E-state index is 10.9. The summed E-state index contributed by atoms with van der Waals surface area (Å²) >= 11 is 11.5. The summed E-state index contributed by atoms with van der Waals surface area (Å²) in [5.74, 6) is 0. The highest BCUT2D eigenvalue weighted by Gasteiger charge is 2.26. The molecule has 0 aliphatic rings. The minimum absolute atomic E-state index is 0.0589. The number of nitro benzene ring substituents is 1. The van der Waals surface area contributed by atoms with Gasteiger partial charge < -0.3 is 15.5 Å². The first kappa shape index (κ1) is 15.0. The second kappa shape index (κ2) is 5.71. The number of rotatable bonds is 5. The molecule has 0 radical (unpaired) electrons. The van der Waals surface area contributed by atoms with Crippen LogP contribution < -0.4 is 5.32 Å². The monoisotopic (exact) mass is 294 g/mol. The van der Waals surface area contributed by atoms with Crippen LogP contribution in [0.2, 0.25) is 10.0 Å². The van der Waals surface area contributed by atoms with Crippen LogP contribution in [0.4, 0.5) is 11.4 Å². The summed E-state index contributed by atoms with van der Waals surface area (Å²) in [4.78, 5) is 10.3. The number of nitrogens with zero attached hydrogens (tertiary/aromatic N) is 1. The Kier molecular flexibility index (Phi) is 4.75.